The normalized spacial score (nSPS) is 13.5. The number of carbonyl (C=O) groups is 4. The molecule has 1 aliphatic rings. The van der Waals surface area contributed by atoms with Crippen molar-refractivity contribution in [3.05, 3.63) is 11.9 Å². The average Bonchev–Trinajstić information content (AvgIpc) is 3.43. The van der Waals surface area contributed by atoms with Crippen LogP contribution in [-0.2, 0) is 32.0 Å². The molecule has 0 radical (unpaired) electrons. The van der Waals surface area contributed by atoms with Crippen LogP contribution in [0.25, 0.3) is 0 Å². The second-order valence-electron chi connectivity index (χ2n) is 13.4. The van der Waals surface area contributed by atoms with Gasteiger partial charge >= 0.3 is 12.2 Å². The molecule has 2 N–H and O–H groups in total. The number of ether oxygens (including phenoxy) is 2. The summed E-state index contributed by atoms with van der Waals surface area (Å²) in [7, 11) is 0. The summed E-state index contributed by atoms with van der Waals surface area (Å²) in [6.45, 7) is 12.8. The number of hydrogen-bond acceptors (Lipinski definition) is 8. The van der Waals surface area contributed by atoms with Crippen LogP contribution < -0.4 is 10.6 Å². The van der Waals surface area contributed by atoms with E-state index in [-0.39, 0.29) is 36.6 Å². The summed E-state index contributed by atoms with van der Waals surface area (Å²) in [5.41, 5.74) is 0.352. The maximum atomic E-state index is 12.5. The molecule has 2 heterocycles. The third-order valence-corrected chi connectivity index (χ3v) is 7.54. The Labute approximate surface area is 275 Å². The van der Waals surface area contributed by atoms with E-state index in [0.29, 0.717) is 45.7 Å². The van der Waals surface area contributed by atoms with E-state index in [0.717, 1.165) is 82.7 Å². The van der Waals surface area contributed by atoms with Gasteiger partial charge in [0.1, 0.15) is 12.1 Å². The number of rotatable bonds is 20. The molecule has 0 unspecified atom stereocenters. The van der Waals surface area contributed by atoms with Crippen LogP contribution in [0.15, 0.2) is 6.20 Å². The fourth-order valence-corrected chi connectivity index (χ4v) is 5.10. The fourth-order valence-electron chi connectivity index (χ4n) is 5.10. The highest BCUT2D eigenvalue weighted by molar-refractivity contribution is 5.77. The van der Waals surface area contributed by atoms with Crippen LogP contribution in [0, 0.1) is 0 Å². The first kappa shape index (κ1) is 38.8. The molecule has 0 aromatic carbocycles. The lowest BCUT2D eigenvalue weighted by Crippen LogP contribution is -2.51. The summed E-state index contributed by atoms with van der Waals surface area (Å²) in [6, 6.07) is 0. The van der Waals surface area contributed by atoms with E-state index in [4.69, 9.17) is 9.47 Å². The summed E-state index contributed by atoms with van der Waals surface area (Å²) in [5.74, 6) is 0.119. The van der Waals surface area contributed by atoms with E-state index in [1.807, 2.05) is 45.7 Å². The number of hydrogen-bond donors (Lipinski definition) is 2. The van der Waals surface area contributed by atoms with Crippen LogP contribution in [0.3, 0.4) is 0 Å². The first-order valence-electron chi connectivity index (χ1n) is 17.3. The summed E-state index contributed by atoms with van der Waals surface area (Å²) >= 11 is 0. The maximum absolute atomic E-state index is 12.5. The monoisotopic (exact) mass is 649 g/mol. The molecule has 13 heteroatoms. The van der Waals surface area contributed by atoms with Crippen LogP contribution in [0.4, 0.5) is 9.59 Å². The molecule has 0 saturated carbocycles. The van der Waals surface area contributed by atoms with Crippen molar-refractivity contribution in [2.24, 2.45) is 0 Å². The molecule has 0 aliphatic carbocycles. The Bertz CT molecular complexity index is 1050. The summed E-state index contributed by atoms with van der Waals surface area (Å²) < 4.78 is 12.0. The van der Waals surface area contributed by atoms with Crippen molar-refractivity contribution in [3.8, 4) is 0 Å². The second-order valence-corrected chi connectivity index (χ2v) is 13.4. The van der Waals surface area contributed by atoms with Gasteiger partial charge in [-0.15, -0.1) is 5.10 Å². The van der Waals surface area contributed by atoms with E-state index in [2.05, 4.69) is 20.9 Å². The van der Waals surface area contributed by atoms with Crippen molar-refractivity contribution in [1.29, 1.82) is 0 Å². The van der Waals surface area contributed by atoms with Gasteiger partial charge in [0.2, 0.25) is 11.8 Å². The third kappa shape index (κ3) is 17.9. The number of unbranched alkanes of at least 4 members (excludes halogenated alkanes) is 9. The Morgan fingerprint density at radius 3 is 2.00 bits per heavy atom. The minimum Gasteiger partial charge on any atom is -0.447 e. The largest absolute Gasteiger partial charge is 0.447 e. The third-order valence-electron chi connectivity index (χ3n) is 7.54. The summed E-state index contributed by atoms with van der Waals surface area (Å²) in [4.78, 5) is 52.0. The molecular weight excluding hydrogens is 590 g/mol. The zero-order chi connectivity index (χ0) is 33.8. The van der Waals surface area contributed by atoms with Crippen molar-refractivity contribution in [1.82, 2.24) is 35.4 Å². The second kappa shape index (κ2) is 21.4. The smallest absolute Gasteiger partial charge is 0.410 e. The van der Waals surface area contributed by atoms with Gasteiger partial charge in [-0.1, -0.05) is 50.2 Å². The van der Waals surface area contributed by atoms with Crippen molar-refractivity contribution in [3.63, 3.8) is 0 Å². The first-order chi connectivity index (χ1) is 21.9. The van der Waals surface area contributed by atoms with Gasteiger partial charge in [0.15, 0.2) is 0 Å². The van der Waals surface area contributed by atoms with E-state index >= 15 is 0 Å². The Kier molecular flexibility index (Phi) is 18.1. The highest BCUT2D eigenvalue weighted by Crippen LogP contribution is 2.14. The zero-order valence-corrected chi connectivity index (χ0v) is 29.0. The van der Waals surface area contributed by atoms with Gasteiger partial charge in [0.25, 0.3) is 0 Å². The van der Waals surface area contributed by atoms with Gasteiger partial charge in [-0.25, -0.2) is 14.3 Å². The van der Waals surface area contributed by atoms with Crippen molar-refractivity contribution in [2.45, 2.75) is 136 Å². The van der Waals surface area contributed by atoms with Gasteiger partial charge in [0.05, 0.1) is 11.8 Å². The van der Waals surface area contributed by atoms with Gasteiger partial charge in [0, 0.05) is 51.9 Å². The average molecular weight is 650 g/mol. The van der Waals surface area contributed by atoms with E-state index in [1.54, 1.807) is 9.58 Å². The van der Waals surface area contributed by atoms with Crippen LogP contribution in [0.5, 0.6) is 0 Å². The quantitative estimate of drug-likeness (QED) is 0.191. The van der Waals surface area contributed by atoms with Crippen molar-refractivity contribution >= 4 is 24.0 Å². The SMILES string of the molecule is CC(C)OC(=O)NCCCCCc1cn(CC(=O)NCCCCCCCCCCC(=O)N2CCN(C(=O)OC(C)(C)C)CC2)nn1. The maximum Gasteiger partial charge on any atom is 0.410 e. The van der Waals surface area contributed by atoms with Gasteiger partial charge < -0.3 is 29.9 Å². The molecule has 262 valence electrons. The van der Waals surface area contributed by atoms with E-state index in [1.165, 1.54) is 0 Å². The van der Waals surface area contributed by atoms with Crippen LogP contribution in [0.2, 0.25) is 0 Å². The summed E-state index contributed by atoms with van der Waals surface area (Å²) in [5, 5.41) is 13.9. The first-order valence-corrected chi connectivity index (χ1v) is 17.3. The summed E-state index contributed by atoms with van der Waals surface area (Å²) in [6.07, 6.45) is 13.7. The minimum atomic E-state index is -0.511. The van der Waals surface area contributed by atoms with Gasteiger partial charge in [-0.3, -0.25) is 9.59 Å². The zero-order valence-electron chi connectivity index (χ0n) is 29.0. The highest BCUT2D eigenvalue weighted by atomic mass is 16.6. The topological polar surface area (TPSA) is 148 Å². The molecule has 2 rings (SSSR count). The lowest BCUT2D eigenvalue weighted by molar-refractivity contribution is -0.133. The highest BCUT2D eigenvalue weighted by Gasteiger charge is 2.27. The Morgan fingerprint density at radius 2 is 1.37 bits per heavy atom. The molecule has 1 aromatic heterocycles. The van der Waals surface area contributed by atoms with Crippen LogP contribution >= 0.6 is 0 Å². The van der Waals surface area contributed by atoms with Gasteiger partial charge in [-0.2, -0.15) is 0 Å². The molecule has 1 saturated heterocycles. The van der Waals surface area contributed by atoms with Crippen molar-refractivity contribution in [2.75, 3.05) is 39.3 Å². The van der Waals surface area contributed by atoms with Gasteiger partial charge in [-0.05, 0) is 66.7 Å². The number of aryl methyl sites for hydroxylation is 1. The molecule has 1 fully saturated rings. The van der Waals surface area contributed by atoms with E-state index < -0.39 is 5.60 Å². The molecule has 0 atom stereocenters. The Hall–Kier alpha value is -3.38. The van der Waals surface area contributed by atoms with E-state index in [9.17, 15) is 19.2 Å². The number of nitrogens with one attached hydrogen (secondary N) is 2. The molecule has 1 aliphatic heterocycles. The van der Waals surface area contributed by atoms with Crippen LogP contribution in [-0.4, -0.2) is 99.8 Å². The van der Waals surface area contributed by atoms with Crippen molar-refractivity contribution < 1.29 is 28.7 Å². The molecule has 46 heavy (non-hydrogen) atoms. The Morgan fingerprint density at radius 1 is 0.804 bits per heavy atom. The number of aromatic nitrogens is 3. The predicted molar refractivity (Wildman–Crippen MR) is 176 cm³/mol. The Balaban J connectivity index is 1.39. The molecule has 0 spiro atoms. The fraction of sp³-hybridized carbons (Fsp3) is 0.818. The number of piperazine rings is 1. The lowest BCUT2D eigenvalue weighted by atomic mass is 10.1. The minimum absolute atomic E-state index is 0.0599. The van der Waals surface area contributed by atoms with Crippen LogP contribution in [0.1, 0.15) is 117 Å². The molecular formula is C33H59N7O6. The number of alkyl carbamates (subject to hydrolysis) is 1. The number of carbonyl (C=O) groups excluding carboxylic acids is 4. The molecule has 1 aromatic rings. The lowest BCUT2D eigenvalue weighted by Gasteiger charge is -2.35. The predicted octanol–water partition coefficient (Wildman–Crippen LogP) is 4.83. The molecule has 0 bridgehead atoms. The number of nitrogens with zero attached hydrogens (tertiary/aromatic N) is 5. The molecule has 13 nitrogen and oxygen atoms in total. The molecule has 4 amide bonds. The standard InChI is InChI=1S/C33H59N7O6/c1-27(2)45-31(43)35-20-16-12-13-17-28-25-40(37-36-28)26-29(41)34-19-15-11-9-7-6-8-10-14-18-30(42)38-21-23-39(24-22-38)32(44)46-33(3,4)5/h25,27H,6-24,26H2,1-5H3,(H,34,41)(H,35,43). The number of amides is 4.